The fourth-order valence-electron chi connectivity index (χ4n) is 1.27. The van der Waals surface area contributed by atoms with E-state index in [1.54, 1.807) is 0 Å². The molecule has 0 bridgehead atoms. The number of carbonyl (C=O) groups is 2. The lowest BCUT2D eigenvalue weighted by molar-refractivity contribution is -0.144. The summed E-state index contributed by atoms with van der Waals surface area (Å²) in [6.45, 7) is 5.70. The van der Waals surface area contributed by atoms with Crippen molar-refractivity contribution in [1.29, 1.82) is 0 Å². The summed E-state index contributed by atoms with van der Waals surface area (Å²) in [7, 11) is 0. The van der Waals surface area contributed by atoms with Crippen molar-refractivity contribution < 1.29 is 14.3 Å². The van der Waals surface area contributed by atoms with Gasteiger partial charge in [0, 0.05) is 6.54 Å². The Morgan fingerprint density at radius 2 is 2.17 bits per heavy atom. The van der Waals surface area contributed by atoms with Crippen LogP contribution >= 0.6 is 0 Å². The summed E-state index contributed by atoms with van der Waals surface area (Å²) in [5.74, 6) is 0.247. The van der Waals surface area contributed by atoms with Crippen LogP contribution in [-0.4, -0.2) is 42.4 Å². The van der Waals surface area contributed by atoms with Crippen molar-refractivity contribution >= 4 is 12.3 Å². The first-order chi connectivity index (χ1) is 5.53. The van der Waals surface area contributed by atoms with E-state index in [0.29, 0.717) is 26.1 Å². The zero-order chi connectivity index (χ0) is 9.19. The second kappa shape index (κ2) is 3.23. The maximum Gasteiger partial charge on any atom is 0.293 e. The van der Waals surface area contributed by atoms with Gasteiger partial charge in [0.15, 0.2) is 5.78 Å². The number of hydrogen-bond donors (Lipinski definition) is 0. The Morgan fingerprint density at radius 1 is 1.58 bits per heavy atom. The van der Waals surface area contributed by atoms with Crippen molar-refractivity contribution in [2.24, 2.45) is 0 Å². The summed E-state index contributed by atoms with van der Waals surface area (Å²) < 4.78 is 4.84. The third-order valence-electron chi connectivity index (χ3n) is 1.77. The van der Waals surface area contributed by atoms with E-state index in [-0.39, 0.29) is 5.78 Å². The van der Waals surface area contributed by atoms with Crippen molar-refractivity contribution in [1.82, 2.24) is 4.90 Å². The molecule has 0 aliphatic carbocycles. The van der Waals surface area contributed by atoms with Gasteiger partial charge in [0.25, 0.3) is 6.47 Å². The van der Waals surface area contributed by atoms with Gasteiger partial charge in [0.05, 0.1) is 13.1 Å². The van der Waals surface area contributed by atoms with Crippen molar-refractivity contribution in [2.45, 2.75) is 19.4 Å². The SMILES string of the molecule is CC(C)(CN1CC(=O)C1)OC=O. The maximum absolute atomic E-state index is 10.6. The van der Waals surface area contributed by atoms with Crippen molar-refractivity contribution in [3.05, 3.63) is 0 Å². The standard InChI is InChI=1S/C8H13NO3/c1-8(2,12-6-10)5-9-3-7(11)4-9/h6H,3-5H2,1-2H3. The monoisotopic (exact) mass is 171 g/mol. The molecule has 1 aliphatic heterocycles. The summed E-state index contributed by atoms with van der Waals surface area (Å²) in [5.41, 5.74) is -0.484. The Hall–Kier alpha value is -0.900. The van der Waals surface area contributed by atoms with Crippen LogP contribution in [0.3, 0.4) is 0 Å². The molecule has 1 aliphatic rings. The molecule has 1 saturated heterocycles. The topological polar surface area (TPSA) is 46.6 Å². The Morgan fingerprint density at radius 3 is 2.58 bits per heavy atom. The summed E-state index contributed by atoms with van der Waals surface area (Å²) in [5, 5.41) is 0. The highest BCUT2D eigenvalue weighted by Gasteiger charge is 2.30. The fraction of sp³-hybridized carbons (Fsp3) is 0.750. The lowest BCUT2D eigenvalue weighted by Gasteiger charge is -2.35. The van der Waals surface area contributed by atoms with Gasteiger partial charge in [0.2, 0.25) is 0 Å². The van der Waals surface area contributed by atoms with E-state index in [1.165, 1.54) is 0 Å². The molecule has 0 aromatic heterocycles. The number of likely N-dealkylation sites (tertiary alicyclic amines) is 1. The molecule has 1 heterocycles. The van der Waals surface area contributed by atoms with Crippen LogP contribution in [0.2, 0.25) is 0 Å². The molecule has 1 rings (SSSR count). The Balaban J connectivity index is 2.29. The molecule has 0 unspecified atom stereocenters. The van der Waals surface area contributed by atoms with Crippen molar-refractivity contribution in [3.63, 3.8) is 0 Å². The molecule has 1 fully saturated rings. The number of ketones is 1. The molecule has 0 atom stereocenters. The second-order valence-electron chi connectivity index (χ2n) is 3.66. The minimum absolute atomic E-state index is 0.247. The molecule has 0 saturated carbocycles. The van der Waals surface area contributed by atoms with Crippen LogP contribution in [0, 0.1) is 0 Å². The Bertz CT molecular complexity index is 192. The van der Waals surface area contributed by atoms with E-state index >= 15 is 0 Å². The van der Waals surface area contributed by atoms with E-state index in [4.69, 9.17) is 4.74 Å². The van der Waals surface area contributed by atoms with Gasteiger partial charge in [-0.1, -0.05) is 0 Å². The number of hydrogen-bond acceptors (Lipinski definition) is 4. The van der Waals surface area contributed by atoms with Crippen LogP contribution < -0.4 is 0 Å². The van der Waals surface area contributed by atoms with Gasteiger partial charge >= 0.3 is 0 Å². The summed E-state index contributed by atoms with van der Waals surface area (Å²) in [6, 6.07) is 0. The molecule has 0 spiro atoms. The molecule has 0 amide bonds. The Kier molecular flexibility index (Phi) is 2.47. The average molecular weight is 171 g/mol. The molecule has 4 heteroatoms. The largest absolute Gasteiger partial charge is 0.461 e. The smallest absolute Gasteiger partial charge is 0.293 e. The zero-order valence-electron chi connectivity index (χ0n) is 7.37. The molecule has 0 aromatic carbocycles. The highest BCUT2D eigenvalue weighted by molar-refractivity contribution is 5.87. The number of nitrogens with zero attached hydrogens (tertiary/aromatic N) is 1. The molecule has 68 valence electrons. The van der Waals surface area contributed by atoms with E-state index in [1.807, 2.05) is 18.7 Å². The van der Waals surface area contributed by atoms with Crippen LogP contribution in [0.25, 0.3) is 0 Å². The first kappa shape index (κ1) is 9.19. The lowest BCUT2D eigenvalue weighted by Crippen LogP contribution is -2.53. The zero-order valence-corrected chi connectivity index (χ0v) is 7.37. The first-order valence-electron chi connectivity index (χ1n) is 3.89. The third-order valence-corrected chi connectivity index (χ3v) is 1.77. The number of carbonyl (C=O) groups excluding carboxylic acids is 2. The minimum atomic E-state index is -0.484. The van der Waals surface area contributed by atoms with Gasteiger partial charge in [-0.15, -0.1) is 0 Å². The number of Topliss-reactive ketones (excluding diaryl/α,β-unsaturated/α-hetero) is 1. The normalized spacial score (nSPS) is 18.7. The lowest BCUT2D eigenvalue weighted by atomic mass is 10.1. The highest BCUT2D eigenvalue weighted by atomic mass is 16.5. The summed E-state index contributed by atoms with van der Waals surface area (Å²) >= 11 is 0. The van der Waals surface area contributed by atoms with Gasteiger partial charge in [-0.05, 0) is 13.8 Å². The van der Waals surface area contributed by atoms with Crippen LogP contribution in [-0.2, 0) is 14.3 Å². The van der Waals surface area contributed by atoms with Crippen LogP contribution in [0.1, 0.15) is 13.8 Å². The van der Waals surface area contributed by atoms with Gasteiger partial charge < -0.3 is 4.74 Å². The third kappa shape index (κ3) is 2.30. The van der Waals surface area contributed by atoms with Gasteiger partial charge in [-0.3, -0.25) is 14.5 Å². The predicted octanol–water partition coefficient (Wildman–Crippen LogP) is -0.177. The molecule has 0 aromatic rings. The fourth-order valence-corrected chi connectivity index (χ4v) is 1.27. The molecule has 12 heavy (non-hydrogen) atoms. The van der Waals surface area contributed by atoms with Crippen LogP contribution in [0.5, 0.6) is 0 Å². The number of ether oxygens (including phenoxy) is 1. The quantitative estimate of drug-likeness (QED) is 0.551. The van der Waals surface area contributed by atoms with Gasteiger partial charge in [0.1, 0.15) is 5.60 Å². The van der Waals surface area contributed by atoms with Crippen molar-refractivity contribution in [3.8, 4) is 0 Å². The number of rotatable bonds is 4. The predicted molar refractivity (Wildman–Crippen MR) is 42.7 cm³/mol. The average Bonchev–Trinajstić information content (AvgIpc) is 1.83. The second-order valence-corrected chi connectivity index (χ2v) is 3.66. The molecule has 0 N–H and O–H groups in total. The van der Waals surface area contributed by atoms with Crippen LogP contribution in [0.4, 0.5) is 0 Å². The van der Waals surface area contributed by atoms with E-state index < -0.39 is 5.60 Å². The van der Waals surface area contributed by atoms with Crippen molar-refractivity contribution in [2.75, 3.05) is 19.6 Å². The van der Waals surface area contributed by atoms with Gasteiger partial charge in [-0.25, -0.2) is 0 Å². The highest BCUT2D eigenvalue weighted by Crippen LogP contribution is 2.13. The summed E-state index contributed by atoms with van der Waals surface area (Å²) in [6.07, 6.45) is 0. The maximum atomic E-state index is 10.6. The van der Waals surface area contributed by atoms with E-state index in [2.05, 4.69) is 0 Å². The molecule has 0 radical (unpaired) electrons. The van der Waals surface area contributed by atoms with E-state index in [9.17, 15) is 9.59 Å². The minimum Gasteiger partial charge on any atom is -0.461 e. The summed E-state index contributed by atoms with van der Waals surface area (Å²) in [4.78, 5) is 22.6. The van der Waals surface area contributed by atoms with Gasteiger partial charge in [-0.2, -0.15) is 0 Å². The molecular weight excluding hydrogens is 158 g/mol. The Labute approximate surface area is 71.5 Å². The molecule has 4 nitrogen and oxygen atoms in total. The molecular formula is C8H13NO3. The van der Waals surface area contributed by atoms with Crippen LogP contribution in [0.15, 0.2) is 0 Å². The van der Waals surface area contributed by atoms with E-state index in [0.717, 1.165) is 0 Å². The first-order valence-corrected chi connectivity index (χ1v) is 3.89.